The second-order valence-corrected chi connectivity index (χ2v) is 5.12. The molecule has 1 amide bonds. The number of amides is 1. The van der Waals surface area contributed by atoms with Gasteiger partial charge in [0.25, 0.3) is 11.7 Å². The van der Waals surface area contributed by atoms with Crippen LogP contribution in [0.3, 0.4) is 0 Å². The second-order valence-electron chi connectivity index (χ2n) is 5.12. The SMILES string of the molecule is CCN(Cc1nc(COC)no1)C(=O)c1nnc2nc(C)ccn12. The van der Waals surface area contributed by atoms with E-state index in [1.807, 2.05) is 13.8 Å². The molecule has 0 N–H and O–H groups in total. The van der Waals surface area contributed by atoms with Gasteiger partial charge in [0.15, 0.2) is 5.82 Å². The van der Waals surface area contributed by atoms with E-state index in [0.29, 0.717) is 24.0 Å². The van der Waals surface area contributed by atoms with E-state index in [1.165, 1.54) is 0 Å². The topological polar surface area (TPSA) is 112 Å². The smallest absolute Gasteiger partial charge is 0.292 e. The standard InChI is InChI=1S/C14H17N7O3/c1-4-20(7-11-16-10(8-23-3)19-24-11)13(22)12-17-18-14-15-9(2)5-6-21(12)14/h5-6H,4,7-8H2,1-3H3. The summed E-state index contributed by atoms with van der Waals surface area (Å²) in [6.45, 7) is 4.59. The average Bonchev–Trinajstić information content (AvgIpc) is 3.18. The number of fused-ring (bicyclic) bond motifs is 1. The summed E-state index contributed by atoms with van der Waals surface area (Å²) in [5, 5.41) is 11.7. The Kier molecular flexibility index (Phi) is 4.47. The molecule has 0 aliphatic carbocycles. The quantitative estimate of drug-likeness (QED) is 0.646. The van der Waals surface area contributed by atoms with Crippen LogP contribution in [0.5, 0.6) is 0 Å². The highest BCUT2D eigenvalue weighted by Crippen LogP contribution is 2.09. The molecule has 0 bridgehead atoms. The highest BCUT2D eigenvalue weighted by atomic mass is 16.5. The summed E-state index contributed by atoms with van der Waals surface area (Å²) in [4.78, 5) is 22.7. The zero-order valence-electron chi connectivity index (χ0n) is 13.6. The molecule has 0 fully saturated rings. The molecule has 0 aliphatic heterocycles. The van der Waals surface area contributed by atoms with Crippen LogP contribution >= 0.6 is 0 Å². The summed E-state index contributed by atoms with van der Waals surface area (Å²) in [6.07, 6.45) is 1.72. The molecule has 0 saturated carbocycles. The monoisotopic (exact) mass is 331 g/mol. The molecule has 24 heavy (non-hydrogen) atoms. The Morgan fingerprint density at radius 1 is 1.38 bits per heavy atom. The zero-order valence-corrected chi connectivity index (χ0v) is 13.6. The molecule has 10 nitrogen and oxygen atoms in total. The Morgan fingerprint density at radius 2 is 2.21 bits per heavy atom. The molecule has 0 atom stereocenters. The summed E-state index contributed by atoms with van der Waals surface area (Å²) in [6, 6.07) is 1.79. The summed E-state index contributed by atoms with van der Waals surface area (Å²) >= 11 is 0. The van der Waals surface area contributed by atoms with Gasteiger partial charge in [0.2, 0.25) is 11.7 Å². The van der Waals surface area contributed by atoms with E-state index in [0.717, 1.165) is 5.69 Å². The van der Waals surface area contributed by atoms with Crippen molar-refractivity contribution in [1.29, 1.82) is 0 Å². The fraction of sp³-hybridized carbons (Fsp3) is 0.429. The Labute approximate surface area is 137 Å². The van der Waals surface area contributed by atoms with Crippen molar-refractivity contribution in [2.75, 3.05) is 13.7 Å². The first-order valence-corrected chi connectivity index (χ1v) is 7.40. The van der Waals surface area contributed by atoms with Crippen molar-refractivity contribution in [2.24, 2.45) is 0 Å². The number of methoxy groups -OCH3 is 1. The minimum absolute atomic E-state index is 0.181. The predicted octanol–water partition coefficient (Wildman–Crippen LogP) is 0.624. The van der Waals surface area contributed by atoms with Gasteiger partial charge in [-0.3, -0.25) is 9.20 Å². The van der Waals surface area contributed by atoms with Gasteiger partial charge in [0, 0.05) is 25.5 Å². The Balaban J connectivity index is 1.82. The number of rotatable bonds is 6. The van der Waals surface area contributed by atoms with E-state index >= 15 is 0 Å². The van der Waals surface area contributed by atoms with Crippen molar-refractivity contribution in [3.8, 4) is 0 Å². The first-order valence-electron chi connectivity index (χ1n) is 7.40. The van der Waals surface area contributed by atoms with Crippen LogP contribution in [-0.4, -0.2) is 54.2 Å². The molecule has 3 aromatic rings. The molecule has 10 heteroatoms. The van der Waals surface area contributed by atoms with Gasteiger partial charge in [-0.05, 0) is 19.9 Å². The third kappa shape index (κ3) is 3.08. The number of nitrogens with zero attached hydrogens (tertiary/aromatic N) is 7. The first-order chi connectivity index (χ1) is 11.6. The molecule has 126 valence electrons. The number of aromatic nitrogens is 6. The van der Waals surface area contributed by atoms with Gasteiger partial charge in [-0.1, -0.05) is 5.16 Å². The molecule has 0 spiro atoms. The minimum Gasteiger partial charge on any atom is -0.377 e. The Morgan fingerprint density at radius 3 is 2.96 bits per heavy atom. The van der Waals surface area contributed by atoms with Gasteiger partial charge in [-0.25, -0.2) is 4.98 Å². The third-order valence-electron chi connectivity index (χ3n) is 3.39. The van der Waals surface area contributed by atoms with Crippen molar-refractivity contribution < 1.29 is 14.1 Å². The average molecular weight is 331 g/mol. The van der Waals surface area contributed by atoms with Gasteiger partial charge in [0.1, 0.15) is 13.2 Å². The van der Waals surface area contributed by atoms with Gasteiger partial charge in [0.05, 0.1) is 0 Å². The highest BCUT2D eigenvalue weighted by molar-refractivity contribution is 5.91. The molecule has 3 aromatic heterocycles. The number of ether oxygens (including phenoxy) is 1. The normalized spacial score (nSPS) is 11.1. The largest absolute Gasteiger partial charge is 0.377 e. The lowest BCUT2D eigenvalue weighted by molar-refractivity contribution is 0.0720. The van der Waals surface area contributed by atoms with Gasteiger partial charge < -0.3 is 14.2 Å². The lowest BCUT2D eigenvalue weighted by Crippen LogP contribution is -2.32. The fourth-order valence-corrected chi connectivity index (χ4v) is 2.19. The number of carbonyl (C=O) groups is 1. The predicted molar refractivity (Wildman–Crippen MR) is 80.9 cm³/mol. The molecule has 0 radical (unpaired) electrons. The van der Waals surface area contributed by atoms with Crippen molar-refractivity contribution in [3.63, 3.8) is 0 Å². The fourth-order valence-electron chi connectivity index (χ4n) is 2.19. The molecule has 0 saturated heterocycles. The summed E-state index contributed by atoms with van der Waals surface area (Å²) in [7, 11) is 1.55. The zero-order chi connectivity index (χ0) is 17.1. The van der Waals surface area contributed by atoms with Crippen LogP contribution in [0, 0.1) is 6.92 Å². The highest BCUT2D eigenvalue weighted by Gasteiger charge is 2.23. The summed E-state index contributed by atoms with van der Waals surface area (Å²) in [5.74, 6) is 1.05. The van der Waals surface area contributed by atoms with Gasteiger partial charge >= 0.3 is 0 Å². The maximum absolute atomic E-state index is 12.7. The maximum Gasteiger partial charge on any atom is 0.292 e. The summed E-state index contributed by atoms with van der Waals surface area (Å²) in [5.41, 5.74) is 0.803. The Bertz CT molecular complexity index is 857. The first kappa shape index (κ1) is 16.0. The van der Waals surface area contributed by atoms with Crippen molar-refractivity contribution in [1.82, 2.24) is 34.6 Å². The van der Waals surface area contributed by atoms with Crippen molar-refractivity contribution in [3.05, 3.63) is 35.5 Å². The number of hydrogen-bond acceptors (Lipinski definition) is 8. The van der Waals surface area contributed by atoms with E-state index in [4.69, 9.17) is 9.26 Å². The van der Waals surface area contributed by atoms with Crippen LogP contribution in [0.25, 0.3) is 5.78 Å². The van der Waals surface area contributed by atoms with E-state index in [2.05, 4.69) is 25.3 Å². The van der Waals surface area contributed by atoms with Crippen LogP contribution < -0.4 is 0 Å². The molecule has 0 unspecified atom stereocenters. The van der Waals surface area contributed by atoms with E-state index < -0.39 is 0 Å². The summed E-state index contributed by atoms with van der Waals surface area (Å²) < 4.78 is 11.6. The van der Waals surface area contributed by atoms with Gasteiger partial charge in [-0.2, -0.15) is 4.98 Å². The molecule has 3 rings (SSSR count). The lowest BCUT2D eigenvalue weighted by Gasteiger charge is -2.17. The maximum atomic E-state index is 12.7. The number of aryl methyl sites for hydroxylation is 1. The molecular weight excluding hydrogens is 314 g/mol. The van der Waals surface area contributed by atoms with Crippen LogP contribution in [-0.2, 0) is 17.9 Å². The van der Waals surface area contributed by atoms with E-state index in [-0.39, 0.29) is 24.9 Å². The molecule has 3 heterocycles. The van der Waals surface area contributed by atoms with Crippen molar-refractivity contribution in [2.45, 2.75) is 27.0 Å². The number of carbonyl (C=O) groups excluding carboxylic acids is 1. The van der Waals surface area contributed by atoms with E-state index in [1.54, 1.807) is 28.7 Å². The van der Waals surface area contributed by atoms with Crippen LogP contribution in [0.4, 0.5) is 0 Å². The Hall–Kier alpha value is -2.88. The third-order valence-corrected chi connectivity index (χ3v) is 3.39. The number of hydrogen-bond donors (Lipinski definition) is 0. The lowest BCUT2D eigenvalue weighted by atomic mass is 10.4. The molecule has 0 aliphatic rings. The van der Waals surface area contributed by atoms with Crippen LogP contribution in [0.2, 0.25) is 0 Å². The van der Waals surface area contributed by atoms with Crippen LogP contribution in [0.15, 0.2) is 16.8 Å². The second kappa shape index (κ2) is 6.71. The minimum atomic E-state index is -0.290. The van der Waals surface area contributed by atoms with E-state index in [9.17, 15) is 4.79 Å². The molecular formula is C14H17N7O3. The van der Waals surface area contributed by atoms with Crippen LogP contribution in [0.1, 0.15) is 35.0 Å². The van der Waals surface area contributed by atoms with Gasteiger partial charge in [-0.15, -0.1) is 10.2 Å². The van der Waals surface area contributed by atoms with Crippen molar-refractivity contribution >= 4 is 11.7 Å². The molecule has 0 aromatic carbocycles.